The van der Waals surface area contributed by atoms with Crippen molar-refractivity contribution in [3.63, 3.8) is 0 Å². The molecule has 1 heterocycles. The number of carbonyl (C=O) groups is 1. The van der Waals surface area contributed by atoms with Crippen LogP contribution in [0.3, 0.4) is 0 Å². The van der Waals surface area contributed by atoms with Gasteiger partial charge in [-0.05, 0) is 42.3 Å². The lowest BCUT2D eigenvalue weighted by molar-refractivity contribution is 0.102. The van der Waals surface area contributed by atoms with Gasteiger partial charge in [-0.25, -0.2) is 12.8 Å². The van der Waals surface area contributed by atoms with Gasteiger partial charge in [0.05, 0.1) is 22.7 Å². The van der Waals surface area contributed by atoms with Gasteiger partial charge in [-0.15, -0.1) is 0 Å². The third kappa shape index (κ3) is 5.82. The zero-order valence-corrected chi connectivity index (χ0v) is 18.9. The molecule has 3 rings (SSSR count). The topological polar surface area (TPSA) is 91.4 Å². The Morgan fingerprint density at radius 3 is 2.38 bits per heavy atom. The van der Waals surface area contributed by atoms with Crippen LogP contribution in [0.15, 0.2) is 60.9 Å². The number of nitrogens with zero attached hydrogens (tertiary/aromatic N) is 2. The number of hydrogen-bond donors (Lipinski definition) is 2. The number of pyridine rings is 1. The minimum Gasteiger partial charge on any atom is -0.378 e. The van der Waals surface area contributed by atoms with Crippen LogP contribution in [0.5, 0.6) is 0 Å². The van der Waals surface area contributed by atoms with Crippen molar-refractivity contribution in [3.8, 4) is 11.1 Å². The first-order valence-corrected chi connectivity index (χ1v) is 11.7. The summed E-state index contributed by atoms with van der Waals surface area (Å²) in [5.41, 5.74) is 3.00. The summed E-state index contributed by atoms with van der Waals surface area (Å²) in [6.07, 6.45) is 3.50. The van der Waals surface area contributed by atoms with Crippen molar-refractivity contribution in [2.75, 3.05) is 34.8 Å². The molecule has 7 nitrogen and oxygen atoms in total. The first-order valence-electron chi connectivity index (χ1n) is 10.0. The number of hydrogen-bond acceptors (Lipinski definition) is 5. The fraction of sp³-hybridized carbons (Fsp3) is 0.217. The maximum absolute atomic E-state index is 14.5. The number of amides is 1. The molecule has 1 amide bonds. The highest BCUT2D eigenvalue weighted by molar-refractivity contribution is 7.92. The minimum absolute atomic E-state index is 0.0609. The molecule has 3 aromatic rings. The van der Waals surface area contributed by atoms with Crippen molar-refractivity contribution in [1.29, 1.82) is 0 Å². The fourth-order valence-corrected chi connectivity index (χ4v) is 4.17. The van der Waals surface area contributed by atoms with E-state index in [1.165, 1.54) is 18.3 Å². The molecule has 0 saturated carbocycles. The monoisotopic (exact) mass is 456 g/mol. The number of rotatable bonds is 8. The Hall–Kier alpha value is -3.46. The maximum atomic E-state index is 14.5. The predicted octanol–water partition coefficient (Wildman–Crippen LogP) is 4.36. The van der Waals surface area contributed by atoms with E-state index in [1.807, 2.05) is 43.3 Å². The minimum atomic E-state index is -3.53. The van der Waals surface area contributed by atoms with Gasteiger partial charge in [-0.2, -0.15) is 0 Å². The molecule has 0 atom stereocenters. The molecule has 0 saturated heterocycles. The lowest BCUT2D eigenvalue weighted by Gasteiger charge is -2.13. The Balaban J connectivity index is 1.75. The molecule has 0 aliphatic heterocycles. The number of nitrogens with one attached hydrogen (secondary N) is 2. The third-order valence-electron chi connectivity index (χ3n) is 4.68. The molecular formula is C23H25FN4O3S. The molecule has 0 aliphatic carbocycles. The summed E-state index contributed by atoms with van der Waals surface area (Å²) in [7, 11) is 0.370. The van der Waals surface area contributed by atoms with Gasteiger partial charge in [0.25, 0.3) is 5.91 Å². The van der Waals surface area contributed by atoms with Gasteiger partial charge in [0.1, 0.15) is 5.82 Å². The van der Waals surface area contributed by atoms with Crippen LogP contribution in [0.2, 0.25) is 0 Å². The summed E-state index contributed by atoms with van der Waals surface area (Å²) in [4.78, 5) is 18.8. The van der Waals surface area contributed by atoms with Crippen LogP contribution in [-0.2, 0) is 10.0 Å². The molecule has 0 fully saturated rings. The van der Waals surface area contributed by atoms with E-state index in [9.17, 15) is 17.6 Å². The van der Waals surface area contributed by atoms with E-state index in [2.05, 4.69) is 15.0 Å². The van der Waals surface area contributed by atoms with E-state index >= 15 is 0 Å². The highest BCUT2D eigenvalue weighted by Crippen LogP contribution is 2.24. The maximum Gasteiger partial charge on any atom is 0.257 e. The lowest BCUT2D eigenvalue weighted by Crippen LogP contribution is -2.17. The summed E-state index contributed by atoms with van der Waals surface area (Å²) < 4.78 is 40.5. The summed E-state index contributed by atoms with van der Waals surface area (Å²) in [5, 5.41) is 2.51. The second kappa shape index (κ2) is 9.78. The van der Waals surface area contributed by atoms with Gasteiger partial charge >= 0.3 is 0 Å². The Bertz CT molecular complexity index is 1210. The van der Waals surface area contributed by atoms with Gasteiger partial charge in [0.2, 0.25) is 10.0 Å². The molecule has 0 unspecified atom stereocenters. The Labute approximate surface area is 187 Å². The molecule has 0 radical (unpaired) electrons. The standard InChI is InChI=1S/C23H25FN4O3S/c1-4-11-32(30,31)27-19-7-10-22(21(24)13-19)26-23(29)18-12-17(14-25-15-18)16-5-8-20(9-6-16)28(2)3/h5-10,12-15,27H,4,11H2,1-3H3,(H,26,29). The number of anilines is 3. The van der Waals surface area contributed by atoms with E-state index in [-0.39, 0.29) is 22.7 Å². The molecule has 32 heavy (non-hydrogen) atoms. The van der Waals surface area contributed by atoms with Crippen molar-refractivity contribution >= 4 is 33.0 Å². The fourth-order valence-electron chi connectivity index (χ4n) is 3.05. The van der Waals surface area contributed by atoms with Crippen LogP contribution < -0.4 is 14.9 Å². The van der Waals surface area contributed by atoms with Gasteiger partial charge < -0.3 is 10.2 Å². The predicted molar refractivity (Wildman–Crippen MR) is 126 cm³/mol. The summed E-state index contributed by atoms with van der Waals surface area (Å²) in [6.45, 7) is 1.74. The first kappa shape index (κ1) is 23.2. The van der Waals surface area contributed by atoms with Gasteiger partial charge in [-0.1, -0.05) is 19.1 Å². The largest absolute Gasteiger partial charge is 0.378 e. The molecule has 0 bridgehead atoms. The molecular weight excluding hydrogens is 431 g/mol. The Morgan fingerprint density at radius 1 is 1.03 bits per heavy atom. The Kier molecular flexibility index (Phi) is 7.09. The van der Waals surface area contributed by atoms with E-state index in [0.29, 0.717) is 6.42 Å². The van der Waals surface area contributed by atoms with Crippen molar-refractivity contribution in [1.82, 2.24) is 4.98 Å². The van der Waals surface area contributed by atoms with E-state index in [0.717, 1.165) is 22.9 Å². The second-order valence-corrected chi connectivity index (χ2v) is 9.32. The van der Waals surface area contributed by atoms with E-state index < -0.39 is 21.7 Å². The highest BCUT2D eigenvalue weighted by Gasteiger charge is 2.14. The smallest absolute Gasteiger partial charge is 0.257 e. The number of halogens is 1. The number of carbonyl (C=O) groups excluding carboxylic acids is 1. The lowest BCUT2D eigenvalue weighted by atomic mass is 10.1. The zero-order chi connectivity index (χ0) is 23.3. The van der Waals surface area contributed by atoms with Crippen LogP contribution in [0.25, 0.3) is 11.1 Å². The van der Waals surface area contributed by atoms with E-state index in [4.69, 9.17) is 0 Å². The van der Waals surface area contributed by atoms with Gasteiger partial charge in [0, 0.05) is 43.8 Å². The van der Waals surface area contributed by atoms with Crippen molar-refractivity contribution < 1.29 is 17.6 Å². The van der Waals surface area contributed by atoms with Crippen molar-refractivity contribution in [2.45, 2.75) is 13.3 Å². The molecule has 0 aliphatic rings. The van der Waals surface area contributed by atoms with Crippen molar-refractivity contribution in [2.24, 2.45) is 0 Å². The molecule has 2 aromatic carbocycles. The molecule has 2 N–H and O–H groups in total. The summed E-state index contributed by atoms with van der Waals surface area (Å²) in [6, 6.07) is 13.2. The van der Waals surface area contributed by atoms with E-state index in [1.54, 1.807) is 19.2 Å². The zero-order valence-electron chi connectivity index (χ0n) is 18.1. The number of sulfonamides is 1. The van der Waals surface area contributed by atoms with Crippen LogP contribution in [-0.4, -0.2) is 39.2 Å². The normalized spacial score (nSPS) is 11.1. The molecule has 0 spiro atoms. The van der Waals surface area contributed by atoms with Crippen molar-refractivity contribution in [3.05, 3.63) is 72.3 Å². The quantitative estimate of drug-likeness (QED) is 0.526. The highest BCUT2D eigenvalue weighted by atomic mass is 32.2. The van der Waals surface area contributed by atoms with Crippen LogP contribution in [0, 0.1) is 5.82 Å². The first-order chi connectivity index (χ1) is 15.2. The SMILES string of the molecule is CCCS(=O)(=O)Nc1ccc(NC(=O)c2cncc(-c3ccc(N(C)C)cc3)c2)c(F)c1. The van der Waals surface area contributed by atoms with Crippen LogP contribution >= 0.6 is 0 Å². The second-order valence-electron chi connectivity index (χ2n) is 7.47. The van der Waals surface area contributed by atoms with Crippen LogP contribution in [0.4, 0.5) is 21.5 Å². The number of aromatic nitrogens is 1. The third-order valence-corrected chi connectivity index (χ3v) is 6.17. The average Bonchev–Trinajstić information content (AvgIpc) is 2.75. The average molecular weight is 457 g/mol. The molecule has 1 aromatic heterocycles. The molecule has 9 heteroatoms. The number of benzene rings is 2. The van der Waals surface area contributed by atoms with Crippen LogP contribution in [0.1, 0.15) is 23.7 Å². The van der Waals surface area contributed by atoms with Gasteiger partial charge in [-0.3, -0.25) is 14.5 Å². The Morgan fingerprint density at radius 2 is 1.75 bits per heavy atom. The summed E-state index contributed by atoms with van der Waals surface area (Å²) >= 11 is 0. The summed E-state index contributed by atoms with van der Waals surface area (Å²) in [5.74, 6) is -1.34. The molecule has 168 valence electrons. The van der Waals surface area contributed by atoms with Gasteiger partial charge in [0.15, 0.2) is 0 Å².